The molecule has 0 amide bonds. The van der Waals surface area contributed by atoms with Crippen LogP contribution >= 0.6 is 50.6 Å². The number of rotatable bonds is 3. The molecule has 1 saturated heterocycles. The highest BCUT2D eigenvalue weighted by atomic mass is 79.9. The molecule has 2 N–H and O–H groups in total. The number of hydrogen-bond donors (Lipinski definition) is 1. The van der Waals surface area contributed by atoms with Gasteiger partial charge < -0.3 is 5.73 Å². The molecule has 1 aliphatic heterocycles. The summed E-state index contributed by atoms with van der Waals surface area (Å²) in [4.78, 5) is 3.75. The third-order valence-electron chi connectivity index (χ3n) is 3.11. The second-order valence-corrected chi connectivity index (χ2v) is 9.44. The minimum Gasteiger partial charge on any atom is -0.329 e. The Kier molecular flexibility index (Phi) is 5.06. The van der Waals surface area contributed by atoms with Crippen LogP contribution < -0.4 is 5.73 Å². The van der Waals surface area contributed by atoms with Gasteiger partial charge in [-0.15, -0.1) is 11.3 Å². The molecule has 18 heavy (non-hydrogen) atoms. The van der Waals surface area contributed by atoms with Crippen molar-refractivity contribution in [1.82, 2.24) is 4.90 Å². The maximum absolute atomic E-state index is 6.13. The standard InChI is InChI=1S/C12H18BrClN2S2/c1-12(2)7-16(3-4-17-12)9(6-15)10-5-8(13)11(14)18-10/h5,9H,3-4,6-7,15H2,1-2H3. The first-order valence-corrected chi connectivity index (χ1v) is 8.93. The first-order chi connectivity index (χ1) is 8.43. The largest absolute Gasteiger partial charge is 0.329 e. The number of thiophene rings is 1. The molecule has 0 saturated carbocycles. The lowest BCUT2D eigenvalue weighted by Gasteiger charge is -2.41. The molecule has 6 heteroatoms. The second kappa shape index (κ2) is 6.02. The van der Waals surface area contributed by atoms with E-state index in [1.807, 2.05) is 11.8 Å². The molecule has 1 aliphatic rings. The van der Waals surface area contributed by atoms with Crippen molar-refractivity contribution < 1.29 is 0 Å². The van der Waals surface area contributed by atoms with Crippen LogP contribution in [0.1, 0.15) is 24.8 Å². The van der Waals surface area contributed by atoms with Crippen molar-refractivity contribution >= 4 is 50.6 Å². The van der Waals surface area contributed by atoms with Crippen LogP contribution in [0.2, 0.25) is 4.34 Å². The van der Waals surface area contributed by atoms with E-state index >= 15 is 0 Å². The lowest BCUT2D eigenvalue weighted by molar-refractivity contribution is 0.195. The van der Waals surface area contributed by atoms with E-state index in [2.05, 4.69) is 40.7 Å². The van der Waals surface area contributed by atoms with Gasteiger partial charge >= 0.3 is 0 Å². The van der Waals surface area contributed by atoms with E-state index < -0.39 is 0 Å². The Bertz CT molecular complexity index is 403. The van der Waals surface area contributed by atoms with Gasteiger partial charge in [-0.3, -0.25) is 4.90 Å². The normalized spacial score (nSPS) is 22.1. The number of halogens is 2. The Morgan fingerprint density at radius 3 is 2.83 bits per heavy atom. The molecular weight excluding hydrogens is 352 g/mol. The van der Waals surface area contributed by atoms with Crippen molar-refractivity contribution in [3.8, 4) is 0 Å². The summed E-state index contributed by atoms with van der Waals surface area (Å²) in [6.07, 6.45) is 0. The molecule has 2 rings (SSSR count). The van der Waals surface area contributed by atoms with Gasteiger partial charge in [-0.1, -0.05) is 11.6 Å². The molecule has 2 nitrogen and oxygen atoms in total. The molecule has 1 atom stereocenters. The molecule has 0 aromatic carbocycles. The quantitative estimate of drug-likeness (QED) is 0.873. The fourth-order valence-electron chi connectivity index (χ4n) is 2.29. The van der Waals surface area contributed by atoms with Gasteiger partial charge in [0, 0.05) is 39.5 Å². The van der Waals surface area contributed by atoms with Crippen LogP contribution in [0.4, 0.5) is 0 Å². The zero-order valence-electron chi connectivity index (χ0n) is 10.6. The van der Waals surface area contributed by atoms with Crippen LogP contribution in [0.5, 0.6) is 0 Å². The minimum absolute atomic E-state index is 0.291. The van der Waals surface area contributed by atoms with Crippen LogP contribution in [-0.4, -0.2) is 35.0 Å². The summed E-state index contributed by atoms with van der Waals surface area (Å²) in [5.41, 5.74) is 5.98. The number of nitrogens with two attached hydrogens (primary N) is 1. The molecule has 1 fully saturated rings. The summed E-state index contributed by atoms with van der Waals surface area (Å²) < 4.78 is 2.10. The zero-order chi connectivity index (χ0) is 13.3. The average molecular weight is 370 g/mol. The van der Waals surface area contributed by atoms with Crippen LogP contribution in [0.15, 0.2) is 10.5 Å². The second-order valence-electron chi connectivity index (χ2n) is 5.10. The topological polar surface area (TPSA) is 29.3 Å². The van der Waals surface area contributed by atoms with Crippen molar-refractivity contribution in [3.63, 3.8) is 0 Å². The van der Waals surface area contributed by atoms with Crippen LogP contribution in [0.3, 0.4) is 0 Å². The molecule has 1 aromatic rings. The Balaban J connectivity index is 2.18. The maximum atomic E-state index is 6.13. The molecular formula is C12H18BrClN2S2. The first kappa shape index (κ1) is 15.1. The number of thioether (sulfide) groups is 1. The Labute approximate surface area is 130 Å². The lowest BCUT2D eigenvalue weighted by Crippen LogP contribution is -2.46. The lowest BCUT2D eigenvalue weighted by atomic mass is 10.1. The summed E-state index contributed by atoms with van der Waals surface area (Å²) in [6.45, 7) is 7.42. The average Bonchev–Trinajstić information content (AvgIpc) is 2.58. The van der Waals surface area contributed by atoms with Gasteiger partial charge in [0.2, 0.25) is 0 Å². The van der Waals surface area contributed by atoms with Crippen LogP contribution in [-0.2, 0) is 0 Å². The SMILES string of the molecule is CC1(C)CN(C(CN)c2cc(Br)c(Cl)s2)CCS1. The van der Waals surface area contributed by atoms with Crippen LogP contribution in [0.25, 0.3) is 0 Å². The summed E-state index contributed by atoms with van der Waals surface area (Å²) in [7, 11) is 0. The van der Waals surface area contributed by atoms with Crippen molar-refractivity contribution in [3.05, 3.63) is 19.8 Å². The molecule has 1 unspecified atom stereocenters. The highest BCUT2D eigenvalue weighted by Crippen LogP contribution is 2.39. The Morgan fingerprint density at radius 2 is 2.33 bits per heavy atom. The molecule has 0 radical (unpaired) electrons. The van der Waals surface area contributed by atoms with E-state index in [9.17, 15) is 0 Å². The molecule has 102 valence electrons. The van der Waals surface area contributed by atoms with Crippen molar-refractivity contribution in [2.24, 2.45) is 5.73 Å². The van der Waals surface area contributed by atoms with Crippen LogP contribution in [0, 0.1) is 0 Å². The predicted molar refractivity (Wildman–Crippen MR) is 86.9 cm³/mol. The molecule has 2 heterocycles. The van der Waals surface area contributed by atoms with Gasteiger partial charge in [-0.05, 0) is 35.8 Å². The Hall–Kier alpha value is 0.740. The minimum atomic E-state index is 0.291. The number of hydrogen-bond acceptors (Lipinski definition) is 4. The first-order valence-electron chi connectivity index (χ1n) is 5.96. The molecule has 1 aromatic heterocycles. The van der Waals surface area contributed by atoms with E-state index in [1.165, 1.54) is 10.6 Å². The van der Waals surface area contributed by atoms with E-state index in [-0.39, 0.29) is 0 Å². The third-order valence-corrected chi connectivity index (χ3v) is 6.99. The highest BCUT2D eigenvalue weighted by Gasteiger charge is 2.32. The predicted octanol–water partition coefficient (Wildman–Crippen LogP) is 3.99. The third kappa shape index (κ3) is 3.44. The summed E-state index contributed by atoms with van der Waals surface area (Å²) in [6, 6.07) is 2.40. The van der Waals surface area contributed by atoms with E-state index in [0.29, 0.717) is 17.3 Å². The van der Waals surface area contributed by atoms with Gasteiger partial charge in [-0.2, -0.15) is 11.8 Å². The van der Waals surface area contributed by atoms with Crippen molar-refractivity contribution in [2.75, 3.05) is 25.4 Å². The zero-order valence-corrected chi connectivity index (χ0v) is 14.6. The number of nitrogens with zero attached hydrogens (tertiary/aromatic N) is 1. The Morgan fingerprint density at radius 1 is 1.61 bits per heavy atom. The molecule has 0 bridgehead atoms. The van der Waals surface area contributed by atoms with Gasteiger partial charge in [0.1, 0.15) is 4.34 Å². The van der Waals surface area contributed by atoms with Crippen molar-refractivity contribution in [1.29, 1.82) is 0 Å². The summed E-state index contributed by atoms with van der Waals surface area (Å²) >= 11 is 13.3. The van der Waals surface area contributed by atoms with E-state index in [1.54, 1.807) is 11.3 Å². The monoisotopic (exact) mass is 368 g/mol. The fourth-order valence-corrected chi connectivity index (χ4v) is 5.31. The van der Waals surface area contributed by atoms with Gasteiger partial charge in [0.15, 0.2) is 0 Å². The molecule has 0 aliphatic carbocycles. The van der Waals surface area contributed by atoms with Crippen molar-refractivity contribution in [2.45, 2.75) is 24.6 Å². The van der Waals surface area contributed by atoms with Gasteiger partial charge in [0.05, 0.1) is 6.04 Å². The molecule has 0 spiro atoms. The van der Waals surface area contributed by atoms with Gasteiger partial charge in [0.25, 0.3) is 0 Å². The maximum Gasteiger partial charge on any atom is 0.107 e. The van der Waals surface area contributed by atoms with Gasteiger partial charge in [-0.25, -0.2) is 0 Å². The van der Waals surface area contributed by atoms with E-state index in [4.69, 9.17) is 17.3 Å². The summed E-state index contributed by atoms with van der Waals surface area (Å²) in [5, 5.41) is 0. The smallest absolute Gasteiger partial charge is 0.107 e. The highest BCUT2D eigenvalue weighted by molar-refractivity contribution is 9.10. The van der Waals surface area contributed by atoms with E-state index in [0.717, 1.165) is 21.9 Å². The fraction of sp³-hybridized carbons (Fsp3) is 0.667. The summed E-state index contributed by atoms with van der Waals surface area (Å²) in [5.74, 6) is 1.17.